The van der Waals surface area contributed by atoms with E-state index in [1.54, 1.807) is 21.9 Å². The molecule has 1 N–H and O–H groups in total. The van der Waals surface area contributed by atoms with Crippen molar-refractivity contribution in [3.8, 4) is 0 Å². The average Bonchev–Trinajstić information content (AvgIpc) is 2.57. The number of carbonyl (C=O) groups excluding carboxylic acids is 3. The predicted octanol–water partition coefficient (Wildman–Crippen LogP) is 1.41. The summed E-state index contributed by atoms with van der Waals surface area (Å²) in [6.07, 6.45) is 0.891. The minimum Gasteiger partial charge on any atom is -0.352 e. The van der Waals surface area contributed by atoms with Gasteiger partial charge in [-0.25, -0.2) is 0 Å². The Labute approximate surface area is 142 Å². The zero-order valence-corrected chi connectivity index (χ0v) is 14.5. The van der Waals surface area contributed by atoms with Crippen molar-refractivity contribution in [2.45, 2.75) is 39.8 Å². The third-order valence-electron chi connectivity index (χ3n) is 4.09. The Balaban J connectivity index is 1.98. The number of amides is 3. The topological polar surface area (TPSA) is 69.7 Å². The van der Waals surface area contributed by atoms with Crippen molar-refractivity contribution in [1.82, 2.24) is 15.1 Å². The van der Waals surface area contributed by atoms with Gasteiger partial charge in [0.1, 0.15) is 0 Å². The first-order chi connectivity index (χ1) is 11.4. The largest absolute Gasteiger partial charge is 0.352 e. The molecule has 1 aliphatic heterocycles. The Morgan fingerprint density at radius 2 is 1.79 bits per heavy atom. The molecule has 24 heavy (non-hydrogen) atoms. The quantitative estimate of drug-likeness (QED) is 0.801. The molecule has 0 radical (unpaired) electrons. The lowest BCUT2D eigenvalue weighted by molar-refractivity contribution is -0.157. The maximum atomic E-state index is 12.2. The van der Waals surface area contributed by atoms with Crippen LogP contribution in [0.2, 0.25) is 0 Å². The van der Waals surface area contributed by atoms with E-state index in [0.717, 1.165) is 12.0 Å². The van der Waals surface area contributed by atoms with Crippen LogP contribution in [0.1, 0.15) is 43.1 Å². The van der Waals surface area contributed by atoms with Crippen molar-refractivity contribution >= 4 is 17.7 Å². The maximum Gasteiger partial charge on any atom is 0.312 e. The van der Waals surface area contributed by atoms with E-state index in [-0.39, 0.29) is 11.9 Å². The van der Waals surface area contributed by atoms with E-state index in [9.17, 15) is 14.4 Å². The van der Waals surface area contributed by atoms with Gasteiger partial charge in [-0.15, -0.1) is 0 Å². The summed E-state index contributed by atoms with van der Waals surface area (Å²) in [4.78, 5) is 39.3. The summed E-state index contributed by atoms with van der Waals surface area (Å²) in [6.45, 7) is 7.93. The monoisotopic (exact) mass is 331 g/mol. The summed E-state index contributed by atoms with van der Waals surface area (Å²) in [6, 6.07) is 7.18. The second-order valence-electron chi connectivity index (χ2n) is 6.27. The second-order valence-corrected chi connectivity index (χ2v) is 6.27. The summed E-state index contributed by atoms with van der Waals surface area (Å²) < 4.78 is 0. The lowest BCUT2D eigenvalue weighted by atomic mass is 10.1. The van der Waals surface area contributed by atoms with Crippen LogP contribution in [0.15, 0.2) is 24.3 Å². The van der Waals surface area contributed by atoms with Crippen molar-refractivity contribution in [1.29, 1.82) is 0 Å². The molecule has 0 unspecified atom stereocenters. The zero-order chi connectivity index (χ0) is 17.7. The molecule has 0 spiro atoms. The van der Waals surface area contributed by atoms with Crippen molar-refractivity contribution in [2.75, 3.05) is 19.6 Å². The molecule has 2 rings (SSSR count). The molecule has 0 bridgehead atoms. The summed E-state index contributed by atoms with van der Waals surface area (Å²) in [5.41, 5.74) is 1.50. The first-order valence-electron chi connectivity index (χ1n) is 8.41. The summed E-state index contributed by atoms with van der Waals surface area (Å²) >= 11 is 0. The van der Waals surface area contributed by atoms with E-state index >= 15 is 0 Å². The fourth-order valence-electron chi connectivity index (χ4n) is 2.66. The Bertz CT molecular complexity index is 610. The molecule has 1 saturated heterocycles. The smallest absolute Gasteiger partial charge is 0.312 e. The molecule has 6 heteroatoms. The van der Waals surface area contributed by atoms with Gasteiger partial charge >= 0.3 is 11.8 Å². The van der Waals surface area contributed by atoms with Crippen LogP contribution in [0, 0.1) is 0 Å². The number of rotatable bonds is 6. The van der Waals surface area contributed by atoms with E-state index in [4.69, 9.17) is 0 Å². The molecule has 6 nitrogen and oxygen atoms in total. The molecule has 1 heterocycles. The van der Waals surface area contributed by atoms with Gasteiger partial charge in [0.2, 0.25) is 0 Å². The number of nitrogens with one attached hydrogen (secondary N) is 1. The molecule has 1 aromatic rings. The average molecular weight is 331 g/mol. The standard InChI is InChI=1S/C18H25N3O3/c1-4-9-19-16(22)15-7-5-14(6-8-15)12-20-10-11-21(13(2)3)18(24)17(20)23/h5-8,13H,4,9-12H2,1-3H3,(H,19,22). The molecular weight excluding hydrogens is 306 g/mol. The second kappa shape index (κ2) is 7.95. The SMILES string of the molecule is CCCNC(=O)c1ccc(CN2CCN(C(C)C)C(=O)C2=O)cc1. The van der Waals surface area contributed by atoms with Crippen LogP contribution < -0.4 is 5.32 Å². The van der Waals surface area contributed by atoms with Gasteiger partial charge in [0.15, 0.2) is 0 Å². The number of benzene rings is 1. The van der Waals surface area contributed by atoms with Crippen molar-refractivity contribution in [3.05, 3.63) is 35.4 Å². The molecule has 0 aliphatic carbocycles. The van der Waals surface area contributed by atoms with Crippen LogP contribution in [-0.2, 0) is 16.1 Å². The molecule has 1 fully saturated rings. The highest BCUT2D eigenvalue weighted by Crippen LogP contribution is 2.13. The van der Waals surface area contributed by atoms with E-state index in [1.807, 2.05) is 32.9 Å². The van der Waals surface area contributed by atoms with E-state index in [2.05, 4.69) is 5.32 Å². The van der Waals surface area contributed by atoms with Crippen molar-refractivity contribution in [3.63, 3.8) is 0 Å². The minimum absolute atomic E-state index is 0.0320. The molecule has 0 aromatic heterocycles. The van der Waals surface area contributed by atoms with Crippen LogP contribution in [0.3, 0.4) is 0 Å². The Kier molecular flexibility index (Phi) is 5.95. The molecule has 1 aliphatic rings. The summed E-state index contributed by atoms with van der Waals surface area (Å²) in [5.74, 6) is -0.994. The number of hydrogen-bond acceptors (Lipinski definition) is 3. The van der Waals surface area contributed by atoms with E-state index in [0.29, 0.717) is 31.7 Å². The molecule has 3 amide bonds. The van der Waals surface area contributed by atoms with Gasteiger partial charge in [-0.3, -0.25) is 14.4 Å². The fraction of sp³-hybridized carbons (Fsp3) is 0.500. The number of piperazine rings is 1. The molecular formula is C18H25N3O3. The van der Waals surface area contributed by atoms with Crippen LogP contribution in [0.25, 0.3) is 0 Å². The Hall–Kier alpha value is -2.37. The first kappa shape index (κ1) is 18.0. The van der Waals surface area contributed by atoms with Crippen molar-refractivity contribution < 1.29 is 14.4 Å². The molecule has 0 saturated carbocycles. The third kappa shape index (κ3) is 4.13. The molecule has 0 atom stereocenters. The van der Waals surface area contributed by atoms with E-state index in [1.165, 1.54) is 0 Å². The van der Waals surface area contributed by atoms with E-state index < -0.39 is 11.8 Å². The lowest BCUT2D eigenvalue weighted by Crippen LogP contribution is -2.55. The molecule has 1 aromatic carbocycles. The van der Waals surface area contributed by atoms with Crippen LogP contribution in [0.4, 0.5) is 0 Å². The zero-order valence-electron chi connectivity index (χ0n) is 14.5. The normalized spacial score (nSPS) is 15.2. The van der Waals surface area contributed by atoms with Gasteiger partial charge in [0, 0.05) is 37.8 Å². The number of nitrogens with zero attached hydrogens (tertiary/aromatic N) is 2. The highest BCUT2D eigenvalue weighted by molar-refractivity contribution is 6.35. The Morgan fingerprint density at radius 1 is 1.12 bits per heavy atom. The molecule has 130 valence electrons. The highest BCUT2D eigenvalue weighted by Gasteiger charge is 2.33. The number of hydrogen-bond donors (Lipinski definition) is 1. The lowest BCUT2D eigenvalue weighted by Gasteiger charge is -2.36. The van der Waals surface area contributed by atoms with Gasteiger partial charge in [-0.2, -0.15) is 0 Å². The first-order valence-corrected chi connectivity index (χ1v) is 8.41. The fourth-order valence-corrected chi connectivity index (χ4v) is 2.66. The summed E-state index contributed by atoms with van der Waals surface area (Å²) in [5, 5.41) is 2.82. The highest BCUT2D eigenvalue weighted by atomic mass is 16.2. The maximum absolute atomic E-state index is 12.2. The summed E-state index contributed by atoms with van der Waals surface area (Å²) in [7, 11) is 0. The third-order valence-corrected chi connectivity index (χ3v) is 4.09. The van der Waals surface area contributed by atoms with Gasteiger partial charge < -0.3 is 15.1 Å². The minimum atomic E-state index is -0.459. The van der Waals surface area contributed by atoms with Gasteiger partial charge in [0.05, 0.1) is 0 Å². The van der Waals surface area contributed by atoms with Crippen LogP contribution in [-0.4, -0.2) is 53.2 Å². The van der Waals surface area contributed by atoms with Gasteiger partial charge in [0.25, 0.3) is 5.91 Å². The Morgan fingerprint density at radius 3 is 2.38 bits per heavy atom. The van der Waals surface area contributed by atoms with Crippen molar-refractivity contribution in [2.24, 2.45) is 0 Å². The number of carbonyl (C=O) groups is 3. The van der Waals surface area contributed by atoms with Gasteiger partial charge in [-0.1, -0.05) is 19.1 Å². The van der Waals surface area contributed by atoms with Crippen LogP contribution in [0.5, 0.6) is 0 Å². The predicted molar refractivity (Wildman–Crippen MR) is 91.3 cm³/mol. The van der Waals surface area contributed by atoms with Gasteiger partial charge in [-0.05, 0) is 38.0 Å². The van der Waals surface area contributed by atoms with Crippen LogP contribution >= 0.6 is 0 Å².